The summed E-state index contributed by atoms with van der Waals surface area (Å²) in [4.78, 5) is 26.2. The van der Waals surface area contributed by atoms with Gasteiger partial charge in [-0.3, -0.25) is 9.59 Å². The van der Waals surface area contributed by atoms with E-state index in [1.165, 1.54) is 21.3 Å². The Labute approximate surface area is 199 Å². The molecule has 3 N–H and O–H groups in total. The summed E-state index contributed by atoms with van der Waals surface area (Å²) in [6.45, 7) is 0. The summed E-state index contributed by atoms with van der Waals surface area (Å²) >= 11 is 0. The van der Waals surface area contributed by atoms with Crippen LogP contribution in [0.4, 0.5) is 0 Å². The van der Waals surface area contributed by atoms with E-state index in [-0.39, 0.29) is 31.0 Å². The van der Waals surface area contributed by atoms with Crippen molar-refractivity contribution in [3.05, 3.63) is 77.9 Å². The molecule has 0 aromatic heterocycles. The molecule has 0 bridgehead atoms. The molecule has 2 aromatic carbocycles. The van der Waals surface area contributed by atoms with Crippen LogP contribution < -0.4 is 19.9 Å². The standard InChI is InChI=1S/C25H27NO6.ClH/c1-30-20-14-17(15-21(31-2)22(20)32-3)19(27)16-24(12-8-5-9-13-24)25(29,23(26)28)18-10-6-4-7-11-18;/h4-12,14-15,29H,13,16H2,1-3H3,(H2,26,28);1H. The van der Waals surface area contributed by atoms with E-state index in [2.05, 4.69) is 0 Å². The fourth-order valence-electron chi connectivity index (χ4n) is 4.18. The Morgan fingerprint density at radius 3 is 2.09 bits per heavy atom. The highest BCUT2D eigenvalue weighted by atomic mass is 35.5. The number of amides is 1. The van der Waals surface area contributed by atoms with Crippen LogP contribution in [0.1, 0.15) is 28.8 Å². The summed E-state index contributed by atoms with van der Waals surface area (Å²) in [6.07, 6.45) is 7.06. The largest absolute Gasteiger partial charge is 0.493 e. The topological polar surface area (TPSA) is 108 Å². The number of allylic oxidation sites excluding steroid dienone is 3. The van der Waals surface area contributed by atoms with Crippen LogP contribution in [0.25, 0.3) is 0 Å². The van der Waals surface area contributed by atoms with Crippen LogP contribution in [0.15, 0.2) is 66.8 Å². The number of ether oxygens (including phenoxy) is 3. The first-order chi connectivity index (χ1) is 15.3. The second kappa shape index (κ2) is 10.6. The van der Waals surface area contributed by atoms with Crippen LogP contribution >= 0.6 is 12.4 Å². The molecule has 2 atom stereocenters. The number of Topliss-reactive ketones (excluding diaryl/α,β-unsaturated/α-hetero) is 1. The second-order valence-electron chi connectivity index (χ2n) is 7.60. The Bertz CT molecular complexity index is 1040. The van der Waals surface area contributed by atoms with Gasteiger partial charge < -0.3 is 25.1 Å². The SMILES string of the molecule is COc1cc(C(=O)CC2(C(O)(C(N)=O)c3ccccc3)C=CC=CC2)cc(OC)c1OC.Cl. The lowest BCUT2D eigenvalue weighted by atomic mass is 9.61. The molecule has 0 fully saturated rings. The molecule has 0 saturated heterocycles. The lowest BCUT2D eigenvalue weighted by Gasteiger charge is -2.44. The zero-order valence-electron chi connectivity index (χ0n) is 18.7. The average Bonchev–Trinajstić information content (AvgIpc) is 2.83. The van der Waals surface area contributed by atoms with Crippen molar-refractivity contribution in [1.82, 2.24) is 0 Å². The number of halogens is 1. The fraction of sp³-hybridized carbons (Fsp3) is 0.280. The molecule has 0 saturated carbocycles. The molecule has 0 spiro atoms. The van der Waals surface area contributed by atoms with Crippen molar-refractivity contribution in [2.24, 2.45) is 11.1 Å². The number of nitrogens with two attached hydrogens (primary N) is 1. The van der Waals surface area contributed by atoms with Crippen LogP contribution in [0, 0.1) is 5.41 Å². The van der Waals surface area contributed by atoms with Crippen molar-refractivity contribution >= 4 is 24.1 Å². The highest BCUT2D eigenvalue weighted by Crippen LogP contribution is 2.49. The van der Waals surface area contributed by atoms with Crippen molar-refractivity contribution < 1.29 is 28.9 Å². The monoisotopic (exact) mass is 473 g/mol. The Kier molecular flexibility index (Phi) is 8.30. The Morgan fingerprint density at radius 1 is 1.03 bits per heavy atom. The minimum atomic E-state index is -2.11. The Balaban J connectivity index is 0.00000385. The van der Waals surface area contributed by atoms with E-state index in [1.807, 2.05) is 0 Å². The summed E-state index contributed by atoms with van der Waals surface area (Å²) < 4.78 is 16.0. The number of hydrogen-bond donors (Lipinski definition) is 2. The first-order valence-electron chi connectivity index (χ1n) is 10.1. The average molecular weight is 474 g/mol. The van der Waals surface area contributed by atoms with Crippen LogP contribution in [0.5, 0.6) is 17.2 Å². The molecule has 2 aromatic rings. The van der Waals surface area contributed by atoms with E-state index in [1.54, 1.807) is 66.8 Å². The van der Waals surface area contributed by atoms with Gasteiger partial charge in [-0.1, -0.05) is 54.6 Å². The predicted octanol–water partition coefficient (Wildman–Crippen LogP) is 3.58. The van der Waals surface area contributed by atoms with E-state index in [0.717, 1.165) is 0 Å². The number of aliphatic hydroxyl groups is 1. The van der Waals surface area contributed by atoms with Gasteiger partial charge >= 0.3 is 0 Å². The lowest BCUT2D eigenvalue weighted by molar-refractivity contribution is -0.150. The van der Waals surface area contributed by atoms with Gasteiger partial charge in [0.25, 0.3) is 5.91 Å². The summed E-state index contributed by atoms with van der Waals surface area (Å²) in [5, 5.41) is 11.7. The van der Waals surface area contributed by atoms with Gasteiger partial charge in [0, 0.05) is 17.4 Å². The smallest absolute Gasteiger partial charge is 0.254 e. The number of benzene rings is 2. The highest BCUT2D eigenvalue weighted by Gasteiger charge is 2.55. The molecule has 0 radical (unpaired) electrons. The van der Waals surface area contributed by atoms with Crippen molar-refractivity contribution in [2.75, 3.05) is 21.3 Å². The molecule has 3 rings (SSSR count). The van der Waals surface area contributed by atoms with Gasteiger partial charge in [-0.05, 0) is 24.1 Å². The molecule has 0 heterocycles. The molecule has 7 nitrogen and oxygen atoms in total. The van der Waals surface area contributed by atoms with Gasteiger partial charge in [0.15, 0.2) is 22.9 Å². The molecule has 1 aliphatic rings. The summed E-state index contributed by atoms with van der Waals surface area (Å²) in [6, 6.07) is 11.5. The first kappa shape index (κ1) is 26.0. The van der Waals surface area contributed by atoms with Gasteiger partial charge in [-0.15, -0.1) is 12.4 Å². The summed E-state index contributed by atoms with van der Waals surface area (Å²) in [5.74, 6) is -0.228. The summed E-state index contributed by atoms with van der Waals surface area (Å²) in [7, 11) is 4.40. The van der Waals surface area contributed by atoms with Crippen molar-refractivity contribution in [1.29, 1.82) is 0 Å². The Morgan fingerprint density at radius 2 is 1.64 bits per heavy atom. The second-order valence-corrected chi connectivity index (χ2v) is 7.60. The maximum absolute atomic E-state index is 13.5. The van der Waals surface area contributed by atoms with Crippen LogP contribution in [0.3, 0.4) is 0 Å². The molecule has 1 amide bonds. The number of hydrogen-bond acceptors (Lipinski definition) is 6. The van der Waals surface area contributed by atoms with E-state index in [0.29, 0.717) is 28.4 Å². The summed E-state index contributed by atoms with van der Waals surface area (Å²) in [5.41, 5.74) is 2.97. The maximum atomic E-state index is 13.5. The van der Waals surface area contributed by atoms with Crippen LogP contribution in [-0.2, 0) is 10.4 Å². The van der Waals surface area contributed by atoms with Crippen molar-refractivity contribution in [2.45, 2.75) is 18.4 Å². The van der Waals surface area contributed by atoms with Gasteiger partial charge in [-0.25, -0.2) is 0 Å². The fourth-order valence-corrected chi connectivity index (χ4v) is 4.18. The van der Waals surface area contributed by atoms with Gasteiger partial charge in [0.1, 0.15) is 0 Å². The number of rotatable bonds is 9. The van der Waals surface area contributed by atoms with Crippen LogP contribution in [0.2, 0.25) is 0 Å². The number of carbonyl (C=O) groups is 2. The Hall–Kier alpha value is -3.29. The van der Waals surface area contributed by atoms with E-state index >= 15 is 0 Å². The van der Waals surface area contributed by atoms with Crippen LogP contribution in [-0.4, -0.2) is 38.1 Å². The zero-order valence-corrected chi connectivity index (χ0v) is 19.6. The third-order valence-corrected chi connectivity index (χ3v) is 5.88. The normalized spacial score (nSPS) is 18.5. The third-order valence-electron chi connectivity index (χ3n) is 5.88. The first-order valence-corrected chi connectivity index (χ1v) is 10.1. The molecule has 0 aliphatic heterocycles. The zero-order chi connectivity index (χ0) is 23.4. The number of ketones is 1. The molecular weight excluding hydrogens is 446 g/mol. The van der Waals surface area contributed by atoms with E-state index < -0.39 is 16.9 Å². The number of methoxy groups -OCH3 is 3. The molecule has 33 heavy (non-hydrogen) atoms. The van der Waals surface area contributed by atoms with E-state index in [9.17, 15) is 14.7 Å². The molecule has 1 aliphatic carbocycles. The lowest BCUT2D eigenvalue weighted by Crippen LogP contribution is -2.55. The predicted molar refractivity (Wildman–Crippen MR) is 127 cm³/mol. The quantitative estimate of drug-likeness (QED) is 0.539. The molecule has 2 unspecified atom stereocenters. The molecular formula is C25H28ClNO6. The minimum absolute atomic E-state index is 0. The van der Waals surface area contributed by atoms with Crippen molar-refractivity contribution in [3.63, 3.8) is 0 Å². The third kappa shape index (κ3) is 4.60. The van der Waals surface area contributed by atoms with Gasteiger partial charge in [0.2, 0.25) is 5.75 Å². The van der Waals surface area contributed by atoms with Gasteiger partial charge in [0.05, 0.1) is 21.3 Å². The minimum Gasteiger partial charge on any atom is -0.493 e. The maximum Gasteiger partial charge on any atom is 0.254 e. The molecule has 176 valence electrons. The highest BCUT2D eigenvalue weighted by molar-refractivity contribution is 5.99. The van der Waals surface area contributed by atoms with Crippen molar-refractivity contribution in [3.8, 4) is 17.2 Å². The number of primary amides is 1. The van der Waals surface area contributed by atoms with E-state index in [4.69, 9.17) is 19.9 Å². The molecule has 8 heteroatoms. The number of carbonyl (C=O) groups excluding carboxylic acids is 2. The van der Waals surface area contributed by atoms with Gasteiger partial charge in [-0.2, -0.15) is 0 Å².